The quantitative estimate of drug-likeness (QED) is 0.307. The number of likely N-dealkylation sites (N-methyl/N-ethyl adjacent to an activating group) is 1. The van der Waals surface area contributed by atoms with Crippen molar-refractivity contribution in [3.8, 4) is 11.8 Å². The lowest BCUT2D eigenvalue weighted by molar-refractivity contribution is -0.114. The van der Waals surface area contributed by atoms with Crippen molar-refractivity contribution in [1.29, 1.82) is 0 Å². The molecular weight excluding hydrogens is 431 g/mol. The van der Waals surface area contributed by atoms with Crippen LogP contribution in [0.25, 0.3) is 6.08 Å². The summed E-state index contributed by atoms with van der Waals surface area (Å²) in [5.74, 6) is 5.46. The lowest BCUT2D eigenvalue weighted by atomic mass is 9.92. The van der Waals surface area contributed by atoms with Crippen molar-refractivity contribution in [3.63, 3.8) is 0 Å². The molecule has 1 aliphatic heterocycles. The minimum atomic E-state index is -0.376. The smallest absolute Gasteiger partial charge is 0.262 e. The van der Waals surface area contributed by atoms with E-state index in [1.165, 1.54) is 11.0 Å². The summed E-state index contributed by atoms with van der Waals surface area (Å²) in [7, 11) is 1.64. The number of aromatic nitrogens is 1. The third-order valence-corrected chi connectivity index (χ3v) is 5.62. The Balaban J connectivity index is 1.67. The summed E-state index contributed by atoms with van der Waals surface area (Å²) in [6.45, 7) is 0. The highest BCUT2D eigenvalue weighted by Crippen LogP contribution is 2.32. The molecule has 0 bridgehead atoms. The average molecular weight is 447 g/mol. The van der Waals surface area contributed by atoms with Gasteiger partial charge in [0.1, 0.15) is 0 Å². The van der Waals surface area contributed by atoms with Gasteiger partial charge in [-0.1, -0.05) is 47.2 Å². The molecule has 0 spiro atoms. The largest absolute Gasteiger partial charge is 0.311 e. The lowest BCUT2D eigenvalue weighted by Gasteiger charge is -2.26. The van der Waals surface area contributed by atoms with Crippen LogP contribution in [0, 0.1) is 11.8 Å². The minimum Gasteiger partial charge on any atom is -0.311 e. The van der Waals surface area contributed by atoms with Crippen LogP contribution in [-0.4, -0.2) is 23.7 Å². The Kier molecular flexibility index (Phi) is 5.90. The topological polar surface area (TPSA) is 50.3 Å². The number of rotatable bonds is 2. The summed E-state index contributed by atoms with van der Waals surface area (Å²) < 4.78 is 0. The minimum absolute atomic E-state index is 0.0638. The number of nitrogens with zero attached hydrogens (tertiary/aromatic N) is 2. The predicted molar refractivity (Wildman–Crippen MR) is 123 cm³/mol. The van der Waals surface area contributed by atoms with Crippen LogP contribution in [0.1, 0.15) is 27.0 Å². The van der Waals surface area contributed by atoms with Gasteiger partial charge in [-0.05, 0) is 53.6 Å². The molecule has 6 heteroatoms. The first kappa shape index (κ1) is 20.9. The molecule has 1 aromatic heterocycles. The van der Waals surface area contributed by atoms with E-state index < -0.39 is 0 Å². The maximum absolute atomic E-state index is 13.1. The van der Waals surface area contributed by atoms with Gasteiger partial charge in [-0.25, -0.2) is 0 Å². The number of hydrogen-bond acceptors (Lipinski definition) is 3. The maximum atomic E-state index is 13.1. The van der Waals surface area contributed by atoms with Gasteiger partial charge in [-0.15, -0.1) is 0 Å². The second-order valence-electron chi connectivity index (χ2n) is 7.00. The lowest BCUT2D eigenvalue weighted by Crippen LogP contribution is -2.36. The predicted octanol–water partition coefficient (Wildman–Crippen LogP) is 5.23. The Morgan fingerprint density at radius 1 is 1.06 bits per heavy atom. The van der Waals surface area contributed by atoms with Crippen LogP contribution < -0.4 is 4.90 Å². The molecule has 0 atom stereocenters. The highest BCUT2D eigenvalue weighted by molar-refractivity contribution is 6.42. The first-order chi connectivity index (χ1) is 14.9. The third kappa shape index (κ3) is 4.39. The maximum Gasteiger partial charge on any atom is 0.262 e. The van der Waals surface area contributed by atoms with E-state index in [-0.39, 0.29) is 17.3 Å². The van der Waals surface area contributed by atoms with Gasteiger partial charge < -0.3 is 4.90 Å². The molecule has 1 amide bonds. The first-order valence-electron chi connectivity index (χ1n) is 9.45. The van der Waals surface area contributed by atoms with E-state index in [9.17, 15) is 9.59 Å². The molecule has 2 aromatic carbocycles. The molecule has 0 saturated carbocycles. The van der Waals surface area contributed by atoms with Crippen molar-refractivity contribution >= 4 is 46.7 Å². The number of fused-ring (bicyclic) bond motifs is 1. The zero-order chi connectivity index (χ0) is 22.0. The van der Waals surface area contributed by atoms with Gasteiger partial charge >= 0.3 is 0 Å². The summed E-state index contributed by atoms with van der Waals surface area (Å²) in [5, 5.41) is 0.758. The van der Waals surface area contributed by atoms with Crippen molar-refractivity contribution in [2.75, 3.05) is 11.9 Å². The van der Waals surface area contributed by atoms with Crippen LogP contribution in [0.4, 0.5) is 5.69 Å². The van der Waals surface area contributed by atoms with Gasteiger partial charge in [-0.2, -0.15) is 0 Å². The van der Waals surface area contributed by atoms with Gasteiger partial charge in [0.05, 0.1) is 21.3 Å². The van der Waals surface area contributed by atoms with E-state index >= 15 is 0 Å². The number of carbonyl (C=O) groups excluding carboxylic acids is 2. The van der Waals surface area contributed by atoms with Gasteiger partial charge in [-0.3, -0.25) is 14.6 Å². The Morgan fingerprint density at radius 3 is 2.65 bits per heavy atom. The van der Waals surface area contributed by atoms with Crippen LogP contribution in [0.15, 0.2) is 66.5 Å². The Labute approximate surface area is 190 Å². The summed E-state index contributed by atoms with van der Waals surface area (Å²) >= 11 is 12.0. The van der Waals surface area contributed by atoms with E-state index in [1.807, 2.05) is 12.1 Å². The van der Waals surface area contributed by atoms with E-state index in [1.54, 1.807) is 55.8 Å². The number of halogens is 2. The molecule has 4 nitrogen and oxygen atoms in total. The van der Waals surface area contributed by atoms with E-state index in [0.29, 0.717) is 38.8 Å². The Hall–Kier alpha value is -3.39. The highest BCUT2D eigenvalue weighted by Gasteiger charge is 2.32. The highest BCUT2D eigenvalue weighted by atomic mass is 35.5. The number of anilines is 1. The normalized spacial score (nSPS) is 14.3. The fraction of sp³-hybridized carbons (Fsp3) is 0.0800. The van der Waals surface area contributed by atoms with Crippen molar-refractivity contribution in [2.24, 2.45) is 0 Å². The van der Waals surface area contributed by atoms with Gasteiger partial charge in [0, 0.05) is 37.0 Å². The fourth-order valence-electron chi connectivity index (χ4n) is 3.27. The molecule has 31 heavy (non-hydrogen) atoms. The first-order valence-corrected chi connectivity index (χ1v) is 10.2. The zero-order valence-corrected chi connectivity index (χ0v) is 18.0. The SMILES string of the molecule is CN1C(=O)/C(=C\c2ccc(Cl)c(Cl)c2)C(=O)c2cc(C#CCc3cccnc3)ccc21. The molecular formula is C25H16Cl2N2O2. The second-order valence-corrected chi connectivity index (χ2v) is 7.81. The number of amides is 1. The molecule has 3 aromatic rings. The monoisotopic (exact) mass is 446 g/mol. The van der Waals surface area contributed by atoms with Gasteiger partial charge in [0.25, 0.3) is 5.91 Å². The molecule has 2 heterocycles. The van der Waals surface area contributed by atoms with Crippen molar-refractivity contribution < 1.29 is 9.59 Å². The summed E-state index contributed by atoms with van der Waals surface area (Å²) in [6.07, 6.45) is 5.57. The standard InChI is InChI=1S/C25H16Cl2N2O2/c1-29-23-10-8-16(4-2-5-17-6-3-11-28-15-17)12-19(23)24(30)20(25(29)31)13-18-7-9-21(26)22(27)14-18/h3,6-15H,5H2,1H3/b20-13-. The van der Waals surface area contributed by atoms with Gasteiger partial charge in [0.2, 0.25) is 5.78 Å². The number of hydrogen-bond donors (Lipinski definition) is 0. The summed E-state index contributed by atoms with van der Waals surface area (Å²) in [5.41, 5.74) is 3.39. The van der Waals surface area contributed by atoms with Crippen LogP contribution in [0.2, 0.25) is 10.0 Å². The fourth-order valence-corrected chi connectivity index (χ4v) is 3.57. The average Bonchev–Trinajstić information content (AvgIpc) is 2.78. The molecule has 0 aliphatic carbocycles. The van der Waals surface area contributed by atoms with E-state index in [0.717, 1.165) is 5.56 Å². The molecule has 1 aliphatic rings. The Morgan fingerprint density at radius 2 is 1.90 bits per heavy atom. The number of pyridine rings is 1. The molecule has 0 saturated heterocycles. The molecule has 0 radical (unpaired) electrons. The molecule has 0 fully saturated rings. The van der Waals surface area contributed by atoms with Crippen LogP contribution in [0.5, 0.6) is 0 Å². The van der Waals surface area contributed by atoms with Crippen LogP contribution >= 0.6 is 23.2 Å². The van der Waals surface area contributed by atoms with Crippen molar-refractivity contribution in [3.05, 3.63) is 98.8 Å². The third-order valence-electron chi connectivity index (χ3n) is 4.88. The zero-order valence-electron chi connectivity index (χ0n) is 16.5. The second kappa shape index (κ2) is 8.77. The number of carbonyl (C=O) groups is 2. The number of ketones is 1. The van der Waals surface area contributed by atoms with Crippen LogP contribution in [-0.2, 0) is 11.2 Å². The van der Waals surface area contributed by atoms with E-state index in [2.05, 4.69) is 16.8 Å². The summed E-state index contributed by atoms with van der Waals surface area (Å²) in [4.78, 5) is 31.5. The van der Waals surface area contributed by atoms with Crippen molar-refractivity contribution in [1.82, 2.24) is 4.98 Å². The number of benzene rings is 2. The van der Waals surface area contributed by atoms with Crippen LogP contribution in [0.3, 0.4) is 0 Å². The van der Waals surface area contributed by atoms with Gasteiger partial charge in [0.15, 0.2) is 0 Å². The Bertz CT molecular complexity index is 1290. The van der Waals surface area contributed by atoms with E-state index in [4.69, 9.17) is 23.2 Å². The molecule has 152 valence electrons. The number of Topliss-reactive ketones (excluding diaryl/α,β-unsaturated/α-hetero) is 1. The molecule has 0 unspecified atom stereocenters. The molecule has 0 N–H and O–H groups in total. The summed E-state index contributed by atoms with van der Waals surface area (Å²) in [6, 6.07) is 14.0. The molecule has 4 rings (SSSR count). The van der Waals surface area contributed by atoms with Crippen molar-refractivity contribution in [2.45, 2.75) is 6.42 Å².